The van der Waals surface area contributed by atoms with E-state index in [-0.39, 0.29) is 11.9 Å². The van der Waals surface area contributed by atoms with Gasteiger partial charge in [0.1, 0.15) is 0 Å². The summed E-state index contributed by atoms with van der Waals surface area (Å²) in [5, 5.41) is 2.93. The molecule has 1 aromatic heterocycles. The Hall–Kier alpha value is -1.42. The molecule has 4 nitrogen and oxygen atoms in total. The Kier molecular flexibility index (Phi) is 4.63. The fourth-order valence-electron chi connectivity index (χ4n) is 1.73. The van der Waals surface area contributed by atoms with E-state index < -0.39 is 5.54 Å². The van der Waals surface area contributed by atoms with Gasteiger partial charge in [-0.2, -0.15) is 0 Å². The van der Waals surface area contributed by atoms with Gasteiger partial charge in [-0.1, -0.05) is 13.3 Å². The Morgan fingerprint density at radius 3 is 2.65 bits per heavy atom. The van der Waals surface area contributed by atoms with Crippen molar-refractivity contribution in [3.05, 3.63) is 30.1 Å². The summed E-state index contributed by atoms with van der Waals surface area (Å²) in [5.41, 5.74) is 6.21. The zero-order valence-corrected chi connectivity index (χ0v) is 10.7. The standard InChI is InChI=1S/C13H21N3O/c1-4-7-13(3,14)12(17)16-10(2)11-5-8-15-9-6-11/h5-6,8-10H,4,7,14H2,1-3H3,(H,16,17)/t10-,13?/m0/s1. The Morgan fingerprint density at radius 2 is 2.12 bits per heavy atom. The molecule has 0 bridgehead atoms. The monoisotopic (exact) mass is 235 g/mol. The fourth-order valence-corrected chi connectivity index (χ4v) is 1.73. The molecule has 0 aliphatic heterocycles. The quantitative estimate of drug-likeness (QED) is 0.817. The van der Waals surface area contributed by atoms with Gasteiger partial charge in [0.15, 0.2) is 0 Å². The van der Waals surface area contributed by atoms with Crippen molar-refractivity contribution in [2.75, 3.05) is 0 Å². The van der Waals surface area contributed by atoms with Crippen LogP contribution in [0.3, 0.4) is 0 Å². The molecule has 1 amide bonds. The first-order valence-corrected chi connectivity index (χ1v) is 5.97. The first-order valence-electron chi connectivity index (χ1n) is 5.97. The third kappa shape index (κ3) is 3.82. The Balaban J connectivity index is 2.63. The van der Waals surface area contributed by atoms with E-state index in [4.69, 9.17) is 5.73 Å². The minimum atomic E-state index is -0.796. The molecule has 4 heteroatoms. The first-order chi connectivity index (χ1) is 7.97. The predicted octanol–water partition coefficient (Wildman–Crippen LogP) is 1.78. The lowest BCUT2D eigenvalue weighted by Crippen LogP contribution is -2.52. The van der Waals surface area contributed by atoms with Crippen LogP contribution in [0.25, 0.3) is 0 Å². The summed E-state index contributed by atoms with van der Waals surface area (Å²) in [5.74, 6) is -0.108. The van der Waals surface area contributed by atoms with Crippen LogP contribution in [-0.4, -0.2) is 16.4 Å². The Bertz CT molecular complexity index is 362. The van der Waals surface area contributed by atoms with E-state index >= 15 is 0 Å². The molecule has 1 rings (SSSR count). The van der Waals surface area contributed by atoms with Crippen molar-refractivity contribution >= 4 is 5.91 Å². The second-order valence-electron chi connectivity index (χ2n) is 4.64. The van der Waals surface area contributed by atoms with Gasteiger partial charge in [-0.25, -0.2) is 0 Å². The van der Waals surface area contributed by atoms with Crippen molar-refractivity contribution in [2.45, 2.75) is 45.2 Å². The van der Waals surface area contributed by atoms with Gasteiger partial charge >= 0.3 is 0 Å². The lowest BCUT2D eigenvalue weighted by molar-refractivity contribution is -0.126. The summed E-state index contributed by atoms with van der Waals surface area (Å²) in [6, 6.07) is 3.72. The number of aromatic nitrogens is 1. The molecule has 2 atom stereocenters. The molecule has 1 aromatic rings. The molecule has 0 aliphatic carbocycles. The summed E-state index contributed by atoms with van der Waals surface area (Å²) in [7, 11) is 0. The second kappa shape index (κ2) is 5.77. The fraction of sp³-hybridized carbons (Fsp3) is 0.538. The number of nitrogens with two attached hydrogens (primary N) is 1. The minimum absolute atomic E-state index is 0.0507. The normalized spacial score (nSPS) is 16.0. The van der Waals surface area contributed by atoms with Gasteiger partial charge in [-0.3, -0.25) is 9.78 Å². The van der Waals surface area contributed by atoms with E-state index in [1.807, 2.05) is 26.0 Å². The predicted molar refractivity (Wildman–Crippen MR) is 68.3 cm³/mol. The number of nitrogens with one attached hydrogen (secondary N) is 1. The van der Waals surface area contributed by atoms with Crippen LogP contribution in [0.5, 0.6) is 0 Å². The van der Waals surface area contributed by atoms with Gasteiger partial charge in [-0.05, 0) is 38.0 Å². The van der Waals surface area contributed by atoms with Crippen LogP contribution in [0.4, 0.5) is 0 Å². The number of hydrogen-bond donors (Lipinski definition) is 2. The summed E-state index contributed by atoms with van der Waals surface area (Å²) >= 11 is 0. The minimum Gasteiger partial charge on any atom is -0.348 e. The van der Waals surface area contributed by atoms with Crippen molar-refractivity contribution in [3.8, 4) is 0 Å². The lowest BCUT2D eigenvalue weighted by atomic mass is 9.96. The maximum absolute atomic E-state index is 12.0. The van der Waals surface area contributed by atoms with Crippen molar-refractivity contribution < 1.29 is 4.79 Å². The van der Waals surface area contributed by atoms with E-state index in [2.05, 4.69) is 10.3 Å². The molecule has 0 aromatic carbocycles. The highest BCUT2D eigenvalue weighted by Crippen LogP contribution is 2.14. The van der Waals surface area contributed by atoms with Crippen LogP contribution in [0.1, 0.15) is 45.2 Å². The van der Waals surface area contributed by atoms with Crippen molar-refractivity contribution in [3.63, 3.8) is 0 Å². The average Bonchev–Trinajstić information content (AvgIpc) is 2.30. The molecule has 17 heavy (non-hydrogen) atoms. The molecular formula is C13H21N3O. The molecule has 0 saturated heterocycles. The van der Waals surface area contributed by atoms with Crippen LogP contribution in [0.2, 0.25) is 0 Å². The van der Waals surface area contributed by atoms with E-state index in [1.165, 1.54) is 0 Å². The molecule has 1 heterocycles. The van der Waals surface area contributed by atoms with Crippen LogP contribution in [0, 0.1) is 0 Å². The van der Waals surface area contributed by atoms with Crippen molar-refractivity contribution in [1.29, 1.82) is 0 Å². The topological polar surface area (TPSA) is 68.0 Å². The van der Waals surface area contributed by atoms with Crippen molar-refractivity contribution in [1.82, 2.24) is 10.3 Å². The van der Waals surface area contributed by atoms with Crippen LogP contribution < -0.4 is 11.1 Å². The van der Waals surface area contributed by atoms with Crippen molar-refractivity contribution in [2.24, 2.45) is 5.73 Å². The number of carbonyl (C=O) groups is 1. The second-order valence-corrected chi connectivity index (χ2v) is 4.64. The third-order valence-electron chi connectivity index (χ3n) is 2.84. The number of carbonyl (C=O) groups excluding carboxylic acids is 1. The summed E-state index contributed by atoms with van der Waals surface area (Å²) in [6.07, 6.45) is 5.00. The van der Waals surface area contributed by atoms with Crippen LogP contribution >= 0.6 is 0 Å². The number of amides is 1. The number of hydrogen-bond acceptors (Lipinski definition) is 3. The van der Waals surface area contributed by atoms with Gasteiger partial charge in [-0.15, -0.1) is 0 Å². The molecule has 94 valence electrons. The van der Waals surface area contributed by atoms with Crippen LogP contribution in [0.15, 0.2) is 24.5 Å². The zero-order chi connectivity index (χ0) is 12.9. The highest BCUT2D eigenvalue weighted by atomic mass is 16.2. The van der Waals surface area contributed by atoms with E-state index in [0.717, 1.165) is 12.0 Å². The molecule has 0 radical (unpaired) electrons. The van der Waals surface area contributed by atoms with Crippen LogP contribution in [-0.2, 0) is 4.79 Å². The highest BCUT2D eigenvalue weighted by Gasteiger charge is 2.28. The number of nitrogens with zero attached hydrogens (tertiary/aromatic N) is 1. The molecule has 0 saturated carbocycles. The maximum Gasteiger partial charge on any atom is 0.240 e. The molecule has 3 N–H and O–H groups in total. The summed E-state index contributed by atoms with van der Waals surface area (Å²) in [4.78, 5) is 15.9. The van der Waals surface area contributed by atoms with Gasteiger partial charge in [0, 0.05) is 12.4 Å². The van der Waals surface area contributed by atoms with E-state index in [9.17, 15) is 4.79 Å². The highest BCUT2D eigenvalue weighted by molar-refractivity contribution is 5.85. The molecule has 1 unspecified atom stereocenters. The molecular weight excluding hydrogens is 214 g/mol. The molecule has 0 aliphatic rings. The van der Waals surface area contributed by atoms with Gasteiger partial charge in [0.25, 0.3) is 0 Å². The number of pyridine rings is 1. The largest absolute Gasteiger partial charge is 0.348 e. The molecule has 0 spiro atoms. The Morgan fingerprint density at radius 1 is 1.53 bits per heavy atom. The first kappa shape index (κ1) is 13.6. The van der Waals surface area contributed by atoms with Gasteiger partial charge < -0.3 is 11.1 Å². The SMILES string of the molecule is CCCC(C)(N)C(=O)N[C@@H](C)c1ccncc1. The van der Waals surface area contributed by atoms with Gasteiger partial charge in [0.05, 0.1) is 11.6 Å². The molecule has 0 fully saturated rings. The smallest absolute Gasteiger partial charge is 0.240 e. The maximum atomic E-state index is 12.0. The van der Waals surface area contributed by atoms with Gasteiger partial charge in [0.2, 0.25) is 5.91 Å². The summed E-state index contributed by atoms with van der Waals surface area (Å²) < 4.78 is 0. The summed E-state index contributed by atoms with van der Waals surface area (Å²) in [6.45, 7) is 5.73. The number of rotatable bonds is 5. The van der Waals surface area contributed by atoms with E-state index in [1.54, 1.807) is 19.3 Å². The average molecular weight is 235 g/mol. The van der Waals surface area contributed by atoms with E-state index in [0.29, 0.717) is 6.42 Å². The third-order valence-corrected chi connectivity index (χ3v) is 2.84. The zero-order valence-electron chi connectivity index (χ0n) is 10.7. The lowest BCUT2D eigenvalue weighted by Gasteiger charge is -2.25. The Labute approximate surface area is 103 Å².